The maximum Gasteiger partial charge on any atom is 0.138 e. The number of nitrogens with zero attached hydrogens (tertiary/aromatic N) is 3. The molecule has 0 aliphatic carbocycles. The summed E-state index contributed by atoms with van der Waals surface area (Å²) in [4.78, 5) is 4.40. The molecule has 5 nitrogen and oxygen atoms in total. The average Bonchev–Trinajstić information content (AvgIpc) is 2.77. The van der Waals surface area contributed by atoms with E-state index in [1.54, 1.807) is 6.33 Å². The zero-order chi connectivity index (χ0) is 13.0. The van der Waals surface area contributed by atoms with Crippen molar-refractivity contribution in [2.24, 2.45) is 17.1 Å². The third kappa shape index (κ3) is 3.09. The molecule has 2 heterocycles. The first kappa shape index (κ1) is 13.5. The van der Waals surface area contributed by atoms with Gasteiger partial charge in [-0.3, -0.25) is 0 Å². The van der Waals surface area contributed by atoms with Gasteiger partial charge in [0, 0.05) is 31.5 Å². The summed E-state index contributed by atoms with van der Waals surface area (Å²) in [5.41, 5.74) is 6.02. The highest BCUT2D eigenvalue weighted by molar-refractivity contribution is 4.96. The lowest BCUT2D eigenvalue weighted by molar-refractivity contribution is -0.00422. The third-order valence-corrected chi connectivity index (χ3v) is 3.60. The largest absolute Gasteiger partial charge is 0.381 e. The second-order valence-electron chi connectivity index (χ2n) is 5.79. The van der Waals surface area contributed by atoms with Crippen LogP contribution in [0.2, 0.25) is 0 Å². The van der Waals surface area contributed by atoms with E-state index in [4.69, 9.17) is 10.5 Å². The predicted molar refractivity (Wildman–Crippen MR) is 70.1 cm³/mol. The number of aromatic nitrogens is 3. The lowest BCUT2D eigenvalue weighted by atomic mass is 9.79. The van der Waals surface area contributed by atoms with Gasteiger partial charge in [-0.2, -0.15) is 5.10 Å². The predicted octanol–water partition coefficient (Wildman–Crippen LogP) is 1.23. The van der Waals surface area contributed by atoms with Crippen LogP contribution in [0.15, 0.2) is 6.33 Å². The van der Waals surface area contributed by atoms with Crippen molar-refractivity contribution in [2.75, 3.05) is 19.8 Å². The van der Waals surface area contributed by atoms with E-state index in [9.17, 15) is 0 Å². The highest BCUT2D eigenvalue weighted by atomic mass is 16.5. The third-order valence-electron chi connectivity index (χ3n) is 3.60. The van der Waals surface area contributed by atoms with Crippen molar-refractivity contribution in [3.63, 3.8) is 0 Å². The van der Waals surface area contributed by atoms with Gasteiger partial charge in [0.2, 0.25) is 0 Å². The summed E-state index contributed by atoms with van der Waals surface area (Å²) in [7, 11) is 0. The van der Waals surface area contributed by atoms with Gasteiger partial charge >= 0.3 is 0 Å². The zero-order valence-electron chi connectivity index (χ0n) is 11.4. The molecule has 1 atom stereocenters. The average molecular weight is 252 g/mol. The van der Waals surface area contributed by atoms with Gasteiger partial charge < -0.3 is 10.5 Å². The fraction of sp³-hybridized carbons (Fsp3) is 0.846. The maximum absolute atomic E-state index is 5.97. The maximum atomic E-state index is 5.97. The van der Waals surface area contributed by atoms with Crippen LogP contribution in [0.3, 0.4) is 0 Å². The molecule has 5 heteroatoms. The van der Waals surface area contributed by atoms with E-state index in [0.29, 0.717) is 12.5 Å². The van der Waals surface area contributed by atoms with Gasteiger partial charge in [-0.05, 0) is 18.8 Å². The Labute approximate surface area is 109 Å². The summed E-state index contributed by atoms with van der Waals surface area (Å²) < 4.78 is 7.62. The van der Waals surface area contributed by atoms with Crippen LogP contribution in [-0.2, 0) is 17.7 Å². The standard InChI is InChI=1S/C13H24N4O/c1-11(2)7-17-12(15-10-16-17)6-13(8-14)4-3-5-18-9-13/h10-11H,3-9,14H2,1-2H3. The zero-order valence-corrected chi connectivity index (χ0v) is 11.4. The van der Waals surface area contributed by atoms with Crippen LogP contribution in [0.1, 0.15) is 32.5 Å². The van der Waals surface area contributed by atoms with E-state index < -0.39 is 0 Å². The Morgan fingerprint density at radius 3 is 3.00 bits per heavy atom. The Morgan fingerprint density at radius 1 is 1.56 bits per heavy atom. The summed E-state index contributed by atoms with van der Waals surface area (Å²) in [6.45, 7) is 7.55. The Bertz CT molecular complexity index is 369. The normalized spacial score (nSPS) is 24.7. The number of hydrogen-bond acceptors (Lipinski definition) is 4. The molecule has 18 heavy (non-hydrogen) atoms. The number of rotatable bonds is 5. The molecule has 0 spiro atoms. The van der Waals surface area contributed by atoms with Crippen molar-refractivity contribution in [1.29, 1.82) is 0 Å². The Balaban J connectivity index is 2.09. The van der Waals surface area contributed by atoms with Gasteiger partial charge in [0.25, 0.3) is 0 Å². The molecule has 0 aromatic carbocycles. The van der Waals surface area contributed by atoms with Crippen LogP contribution in [0.5, 0.6) is 0 Å². The van der Waals surface area contributed by atoms with E-state index in [2.05, 4.69) is 23.9 Å². The highest BCUT2D eigenvalue weighted by Crippen LogP contribution is 2.30. The van der Waals surface area contributed by atoms with Crippen LogP contribution in [-0.4, -0.2) is 34.5 Å². The SMILES string of the molecule is CC(C)Cn1ncnc1CC1(CN)CCCOC1. The molecule has 1 fully saturated rings. The topological polar surface area (TPSA) is 66.0 Å². The molecule has 2 rings (SSSR count). The minimum atomic E-state index is 0.0556. The summed E-state index contributed by atoms with van der Waals surface area (Å²) in [6.07, 6.45) is 4.73. The molecule has 0 saturated carbocycles. The lowest BCUT2D eigenvalue weighted by Crippen LogP contribution is -2.41. The lowest BCUT2D eigenvalue weighted by Gasteiger charge is -2.35. The molecule has 1 unspecified atom stereocenters. The van der Waals surface area contributed by atoms with E-state index >= 15 is 0 Å². The first-order valence-electron chi connectivity index (χ1n) is 6.80. The molecular weight excluding hydrogens is 228 g/mol. The number of nitrogens with two attached hydrogens (primary N) is 1. The second kappa shape index (κ2) is 5.80. The summed E-state index contributed by atoms with van der Waals surface area (Å²) >= 11 is 0. The first-order valence-corrected chi connectivity index (χ1v) is 6.80. The van der Waals surface area contributed by atoms with Gasteiger partial charge in [0.15, 0.2) is 0 Å². The van der Waals surface area contributed by atoms with Crippen molar-refractivity contribution < 1.29 is 4.74 Å². The summed E-state index contributed by atoms with van der Waals surface area (Å²) in [6, 6.07) is 0. The molecule has 2 N–H and O–H groups in total. The van der Waals surface area contributed by atoms with Gasteiger partial charge in [-0.1, -0.05) is 13.8 Å². The minimum absolute atomic E-state index is 0.0556. The Kier molecular flexibility index (Phi) is 4.35. The van der Waals surface area contributed by atoms with Crippen molar-refractivity contribution in [3.05, 3.63) is 12.2 Å². The second-order valence-corrected chi connectivity index (χ2v) is 5.79. The number of ether oxygens (including phenoxy) is 1. The van der Waals surface area contributed by atoms with Crippen molar-refractivity contribution >= 4 is 0 Å². The quantitative estimate of drug-likeness (QED) is 0.856. The number of hydrogen-bond donors (Lipinski definition) is 1. The summed E-state index contributed by atoms with van der Waals surface area (Å²) in [5, 5.41) is 4.31. The Morgan fingerprint density at radius 2 is 2.39 bits per heavy atom. The molecule has 1 aromatic heterocycles. The molecule has 1 saturated heterocycles. The molecular formula is C13H24N4O. The van der Waals surface area contributed by atoms with Crippen molar-refractivity contribution in [1.82, 2.24) is 14.8 Å². The molecule has 0 radical (unpaired) electrons. The molecule has 1 aliphatic heterocycles. The Hall–Kier alpha value is -0.940. The van der Waals surface area contributed by atoms with Crippen LogP contribution in [0.25, 0.3) is 0 Å². The monoisotopic (exact) mass is 252 g/mol. The van der Waals surface area contributed by atoms with Crippen LogP contribution in [0.4, 0.5) is 0 Å². The molecule has 102 valence electrons. The highest BCUT2D eigenvalue weighted by Gasteiger charge is 2.33. The summed E-state index contributed by atoms with van der Waals surface area (Å²) in [5.74, 6) is 1.61. The van der Waals surface area contributed by atoms with E-state index in [-0.39, 0.29) is 5.41 Å². The fourth-order valence-corrected chi connectivity index (χ4v) is 2.54. The van der Waals surface area contributed by atoms with Crippen molar-refractivity contribution in [2.45, 2.75) is 39.7 Å². The molecule has 1 aromatic rings. The molecule has 0 amide bonds. The van der Waals surface area contributed by atoms with Gasteiger partial charge in [-0.15, -0.1) is 0 Å². The van der Waals surface area contributed by atoms with Gasteiger partial charge in [0.05, 0.1) is 6.61 Å². The first-order chi connectivity index (χ1) is 8.65. The van der Waals surface area contributed by atoms with Crippen molar-refractivity contribution in [3.8, 4) is 0 Å². The van der Waals surface area contributed by atoms with E-state index in [0.717, 1.165) is 44.8 Å². The van der Waals surface area contributed by atoms with Crippen LogP contribution < -0.4 is 5.73 Å². The van der Waals surface area contributed by atoms with Gasteiger partial charge in [-0.25, -0.2) is 9.67 Å². The van der Waals surface area contributed by atoms with Crippen LogP contribution in [0, 0.1) is 11.3 Å². The fourth-order valence-electron chi connectivity index (χ4n) is 2.54. The molecule has 0 bridgehead atoms. The van der Waals surface area contributed by atoms with Gasteiger partial charge in [0.1, 0.15) is 12.2 Å². The smallest absolute Gasteiger partial charge is 0.138 e. The van der Waals surface area contributed by atoms with E-state index in [1.807, 2.05) is 4.68 Å². The molecule has 1 aliphatic rings. The van der Waals surface area contributed by atoms with E-state index in [1.165, 1.54) is 0 Å². The minimum Gasteiger partial charge on any atom is -0.381 e. The van der Waals surface area contributed by atoms with Crippen LogP contribution >= 0.6 is 0 Å².